The molecule has 0 saturated carbocycles. The van der Waals surface area contributed by atoms with Gasteiger partial charge in [0.05, 0.1) is 5.25 Å². The van der Waals surface area contributed by atoms with Gasteiger partial charge in [0.25, 0.3) is 0 Å². The lowest BCUT2D eigenvalue weighted by atomic mass is 10.2. The zero-order valence-corrected chi connectivity index (χ0v) is 19.8. The van der Waals surface area contributed by atoms with Crippen LogP contribution in [-0.4, -0.2) is 25.9 Å². The summed E-state index contributed by atoms with van der Waals surface area (Å²) in [6, 6.07) is 13.9. The van der Waals surface area contributed by atoms with Gasteiger partial charge in [0.1, 0.15) is 0 Å². The van der Waals surface area contributed by atoms with Crippen molar-refractivity contribution in [2.75, 3.05) is 5.32 Å². The fraction of sp³-hybridized carbons (Fsp3) is 0.375. The van der Waals surface area contributed by atoms with E-state index in [1.807, 2.05) is 49.6 Å². The quantitative estimate of drug-likeness (QED) is 0.422. The summed E-state index contributed by atoms with van der Waals surface area (Å²) in [5.41, 5.74) is 1.80. The van der Waals surface area contributed by atoms with Gasteiger partial charge in [0.2, 0.25) is 5.91 Å². The maximum absolute atomic E-state index is 14.0. The van der Waals surface area contributed by atoms with Gasteiger partial charge in [-0.3, -0.25) is 4.79 Å². The van der Waals surface area contributed by atoms with Crippen LogP contribution >= 0.6 is 11.8 Å². The lowest BCUT2D eigenvalue weighted by Crippen LogP contribution is -2.23. The zero-order chi connectivity index (χ0) is 23.3. The summed E-state index contributed by atoms with van der Waals surface area (Å²) < 4.78 is 21.8. The number of anilines is 1. The lowest BCUT2D eigenvalue weighted by molar-refractivity contribution is -0.115. The van der Waals surface area contributed by atoms with Gasteiger partial charge >= 0.3 is 0 Å². The molecule has 1 amide bonds. The molecular weight excluding hydrogens is 427 g/mol. The van der Waals surface area contributed by atoms with E-state index in [0.717, 1.165) is 11.3 Å². The second kappa shape index (κ2) is 10.6. The number of halogens is 1. The molecule has 3 rings (SSSR count). The number of hydrogen-bond donors (Lipinski definition) is 1. The van der Waals surface area contributed by atoms with Crippen molar-refractivity contribution in [2.24, 2.45) is 5.92 Å². The first kappa shape index (κ1) is 23.8. The monoisotopic (exact) mass is 456 g/mol. The Morgan fingerprint density at radius 3 is 2.47 bits per heavy atom. The molecule has 1 heterocycles. The van der Waals surface area contributed by atoms with Crippen molar-refractivity contribution < 1.29 is 13.9 Å². The van der Waals surface area contributed by atoms with Gasteiger partial charge in [-0.25, -0.2) is 4.39 Å². The molecule has 8 heteroatoms. The number of ether oxygens (including phenoxy) is 1. The van der Waals surface area contributed by atoms with E-state index < -0.39 is 11.9 Å². The fourth-order valence-corrected chi connectivity index (χ4v) is 4.03. The standard InChI is InChI=1S/C24H29FN4O2S/c1-15(2)14-29-22(17(4)31-21-13-9-7-11-19(21)25)27-28-24(29)32-18(5)23(30)26-20-12-8-6-10-16(20)3/h6-13,15,17-18H,14H2,1-5H3,(H,26,30). The number of hydrogen-bond acceptors (Lipinski definition) is 5. The first-order valence-corrected chi connectivity index (χ1v) is 11.5. The molecule has 2 atom stereocenters. The van der Waals surface area contributed by atoms with Crippen LogP contribution in [0.5, 0.6) is 5.75 Å². The van der Waals surface area contributed by atoms with Crippen LogP contribution in [0.2, 0.25) is 0 Å². The van der Waals surface area contributed by atoms with E-state index in [4.69, 9.17) is 4.74 Å². The number of aromatic nitrogens is 3. The molecular formula is C24H29FN4O2S. The predicted octanol–water partition coefficient (Wildman–Crippen LogP) is 5.64. The van der Waals surface area contributed by atoms with Crippen LogP contribution in [0.25, 0.3) is 0 Å². The maximum Gasteiger partial charge on any atom is 0.237 e. The highest BCUT2D eigenvalue weighted by Gasteiger charge is 2.24. The minimum atomic E-state index is -0.511. The number of amides is 1. The lowest BCUT2D eigenvalue weighted by Gasteiger charge is -2.19. The number of benzene rings is 2. The normalized spacial score (nSPS) is 13.1. The third-order valence-electron chi connectivity index (χ3n) is 4.85. The van der Waals surface area contributed by atoms with E-state index in [2.05, 4.69) is 29.4 Å². The maximum atomic E-state index is 14.0. The summed E-state index contributed by atoms with van der Waals surface area (Å²) >= 11 is 1.34. The van der Waals surface area contributed by atoms with E-state index in [0.29, 0.717) is 23.4 Å². The van der Waals surface area contributed by atoms with Crippen LogP contribution in [0.1, 0.15) is 45.2 Å². The largest absolute Gasteiger partial charge is 0.480 e. The number of thioether (sulfide) groups is 1. The third-order valence-corrected chi connectivity index (χ3v) is 5.93. The van der Waals surface area contributed by atoms with Crippen LogP contribution in [0.15, 0.2) is 53.7 Å². The van der Waals surface area contributed by atoms with Gasteiger partial charge in [-0.05, 0) is 50.5 Å². The van der Waals surface area contributed by atoms with Crippen LogP contribution < -0.4 is 10.1 Å². The Labute approximate surface area is 192 Å². The minimum absolute atomic E-state index is 0.111. The second-order valence-corrected chi connectivity index (χ2v) is 9.41. The fourth-order valence-electron chi connectivity index (χ4n) is 3.17. The van der Waals surface area contributed by atoms with Crippen molar-refractivity contribution in [3.8, 4) is 5.75 Å². The number of aryl methyl sites for hydroxylation is 1. The van der Waals surface area contributed by atoms with E-state index >= 15 is 0 Å². The summed E-state index contributed by atoms with van der Waals surface area (Å²) in [5, 5.41) is 11.9. The minimum Gasteiger partial charge on any atom is -0.480 e. The average Bonchev–Trinajstić information content (AvgIpc) is 3.12. The van der Waals surface area contributed by atoms with Gasteiger partial charge in [-0.2, -0.15) is 0 Å². The average molecular weight is 457 g/mol. The van der Waals surface area contributed by atoms with E-state index in [1.165, 1.54) is 17.8 Å². The van der Waals surface area contributed by atoms with Crippen molar-refractivity contribution in [2.45, 2.75) is 57.7 Å². The zero-order valence-electron chi connectivity index (χ0n) is 19.0. The SMILES string of the molecule is Cc1ccccc1NC(=O)C(C)Sc1nnc(C(C)Oc2ccccc2F)n1CC(C)C. The number of nitrogens with zero attached hydrogens (tertiary/aromatic N) is 3. The molecule has 3 aromatic rings. The number of carbonyl (C=O) groups is 1. The van der Waals surface area contributed by atoms with Crippen molar-refractivity contribution >= 4 is 23.4 Å². The molecule has 170 valence electrons. The van der Waals surface area contributed by atoms with Crippen molar-refractivity contribution in [3.05, 3.63) is 65.7 Å². The van der Waals surface area contributed by atoms with Crippen molar-refractivity contribution in [1.29, 1.82) is 0 Å². The highest BCUT2D eigenvalue weighted by atomic mass is 32.2. The molecule has 0 radical (unpaired) electrons. The Kier molecular flexibility index (Phi) is 7.90. The molecule has 0 aliphatic rings. The Bertz CT molecular complexity index is 1070. The molecule has 2 aromatic carbocycles. The molecule has 0 aliphatic heterocycles. The first-order chi connectivity index (χ1) is 15.3. The molecule has 2 unspecified atom stereocenters. The Morgan fingerprint density at radius 1 is 1.09 bits per heavy atom. The summed E-state index contributed by atoms with van der Waals surface area (Å²) in [6.07, 6.45) is -0.511. The van der Waals surface area contributed by atoms with Crippen LogP contribution in [0.3, 0.4) is 0 Å². The Balaban J connectivity index is 1.77. The van der Waals surface area contributed by atoms with Gasteiger partial charge < -0.3 is 14.6 Å². The molecule has 0 saturated heterocycles. The highest BCUT2D eigenvalue weighted by molar-refractivity contribution is 8.00. The van der Waals surface area contributed by atoms with Gasteiger partial charge in [-0.1, -0.05) is 55.9 Å². The Morgan fingerprint density at radius 2 is 1.78 bits per heavy atom. The number of rotatable bonds is 9. The third kappa shape index (κ3) is 5.88. The van der Waals surface area contributed by atoms with Gasteiger partial charge in [-0.15, -0.1) is 10.2 Å². The predicted molar refractivity (Wildman–Crippen MR) is 125 cm³/mol. The number of para-hydroxylation sites is 2. The molecule has 32 heavy (non-hydrogen) atoms. The number of carbonyl (C=O) groups excluding carboxylic acids is 1. The van der Waals surface area contributed by atoms with E-state index in [-0.39, 0.29) is 16.9 Å². The summed E-state index contributed by atoms with van der Waals surface area (Å²) in [7, 11) is 0. The topological polar surface area (TPSA) is 69.0 Å². The summed E-state index contributed by atoms with van der Waals surface area (Å²) in [6.45, 7) is 10.4. The molecule has 0 bridgehead atoms. The highest BCUT2D eigenvalue weighted by Crippen LogP contribution is 2.29. The van der Waals surface area contributed by atoms with E-state index in [9.17, 15) is 9.18 Å². The van der Waals surface area contributed by atoms with Gasteiger partial charge in [0.15, 0.2) is 28.7 Å². The molecule has 0 aliphatic carbocycles. The summed E-state index contributed by atoms with van der Waals surface area (Å²) in [5.74, 6) is 0.544. The van der Waals surface area contributed by atoms with Crippen molar-refractivity contribution in [3.63, 3.8) is 0 Å². The molecule has 0 fully saturated rings. The number of nitrogens with one attached hydrogen (secondary N) is 1. The Hall–Kier alpha value is -2.87. The first-order valence-electron chi connectivity index (χ1n) is 10.6. The van der Waals surface area contributed by atoms with Crippen LogP contribution in [0, 0.1) is 18.7 Å². The molecule has 1 aromatic heterocycles. The van der Waals surface area contributed by atoms with Gasteiger partial charge in [0, 0.05) is 12.2 Å². The van der Waals surface area contributed by atoms with Crippen LogP contribution in [-0.2, 0) is 11.3 Å². The van der Waals surface area contributed by atoms with Crippen molar-refractivity contribution in [1.82, 2.24) is 14.8 Å². The molecule has 1 N–H and O–H groups in total. The van der Waals surface area contributed by atoms with E-state index in [1.54, 1.807) is 18.2 Å². The van der Waals surface area contributed by atoms with Crippen LogP contribution in [0.4, 0.5) is 10.1 Å². The molecule has 6 nitrogen and oxygen atoms in total. The smallest absolute Gasteiger partial charge is 0.237 e. The summed E-state index contributed by atoms with van der Waals surface area (Å²) in [4.78, 5) is 12.8. The molecule has 0 spiro atoms. The second-order valence-electron chi connectivity index (χ2n) is 8.10.